The fraction of sp³-hybridized carbons (Fsp3) is 0.559. The number of hydrogen-bond acceptors (Lipinski definition) is 17. The molecule has 2 fully saturated rings. The fourth-order valence-electron chi connectivity index (χ4n) is 5.51. The highest BCUT2D eigenvalue weighted by Crippen LogP contribution is 2.49. The first-order valence-electron chi connectivity index (χ1n) is 17.7. The maximum Gasteiger partial charge on any atom is 0.510 e. The number of rotatable bonds is 17. The van der Waals surface area contributed by atoms with Crippen LogP contribution in [0.1, 0.15) is 37.7 Å². The van der Waals surface area contributed by atoms with Crippen molar-refractivity contribution in [2.75, 3.05) is 90.8 Å². The Labute approximate surface area is 318 Å². The maximum atomic E-state index is 14.2. The predicted molar refractivity (Wildman–Crippen MR) is 192 cm³/mol. The molecule has 0 aliphatic carbocycles. The van der Waals surface area contributed by atoms with E-state index in [9.17, 15) is 28.5 Å². The lowest BCUT2D eigenvalue weighted by Gasteiger charge is -2.36. The molecular formula is C34H47N6O14P. The first-order valence-corrected chi connectivity index (χ1v) is 19.4. The van der Waals surface area contributed by atoms with Gasteiger partial charge < -0.3 is 48.4 Å². The van der Waals surface area contributed by atoms with Crippen LogP contribution in [-0.4, -0.2) is 148 Å². The SMILES string of the molecule is CCOC(=O)OCOP(=O)(C[C@H](NC(=O)c1cc(N2CC[C@H](OC)C2)nc(-c2ccccc2)n1)C(=O)N1CCN(C(=O)OCC)CC1)OCOC(=O)OCC. The molecule has 3 amide bonds. The average Bonchev–Trinajstić information content (AvgIpc) is 3.68. The molecule has 0 spiro atoms. The number of carbonyl (C=O) groups is 5. The predicted octanol–water partition coefficient (Wildman–Crippen LogP) is 3.26. The highest BCUT2D eigenvalue weighted by molar-refractivity contribution is 7.54. The van der Waals surface area contributed by atoms with Gasteiger partial charge in [-0.05, 0) is 27.2 Å². The summed E-state index contributed by atoms with van der Waals surface area (Å²) in [6.07, 6.45) is -2.95. The molecule has 0 saturated carbocycles. The largest absolute Gasteiger partial charge is 0.510 e. The Morgan fingerprint density at radius 3 is 1.98 bits per heavy atom. The highest BCUT2D eigenvalue weighted by Gasteiger charge is 2.39. The summed E-state index contributed by atoms with van der Waals surface area (Å²) >= 11 is 0. The van der Waals surface area contributed by atoms with Crippen LogP contribution < -0.4 is 10.2 Å². The average molecular weight is 795 g/mol. The Kier molecular flexibility index (Phi) is 16.4. The van der Waals surface area contributed by atoms with Gasteiger partial charge in [0.1, 0.15) is 17.6 Å². The number of piperazine rings is 1. The van der Waals surface area contributed by atoms with E-state index in [1.165, 1.54) is 15.9 Å². The summed E-state index contributed by atoms with van der Waals surface area (Å²) in [6.45, 7) is 4.42. The van der Waals surface area contributed by atoms with Crippen molar-refractivity contribution < 1.29 is 66.0 Å². The molecule has 2 aromatic rings. The van der Waals surface area contributed by atoms with E-state index in [1.807, 2.05) is 11.0 Å². The van der Waals surface area contributed by atoms with Crippen LogP contribution in [0.4, 0.5) is 20.2 Å². The lowest BCUT2D eigenvalue weighted by Crippen LogP contribution is -2.57. The van der Waals surface area contributed by atoms with Crippen molar-refractivity contribution in [2.45, 2.75) is 39.3 Å². The summed E-state index contributed by atoms with van der Waals surface area (Å²) in [5.41, 5.74) is 0.519. The number of amides is 3. The van der Waals surface area contributed by atoms with Crippen LogP contribution in [0.3, 0.4) is 0 Å². The van der Waals surface area contributed by atoms with Crippen molar-refractivity contribution in [3.05, 3.63) is 42.1 Å². The zero-order chi connectivity index (χ0) is 39.8. The first kappa shape index (κ1) is 42.7. The van der Waals surface area contributed by atoms with Crippen LogP contribution in [0.25, 0.3) is 11.4 Å². The summed E-state index contributed by atoms with van der Waals surface area (Å²) < 4.78 is 54.5. The molecule has 0 bridgehead atoms. The second kappa shape index (κ2) is 21.2. The van der Waals surface area contributed by atoms with Gasteiger partial charge in [0.05, 0.1) is 32.1 Å². The minimum Gasteiger partial charge on any atom is -0.450 e. The van der Waals surface area contributed by atoms with E-state index >= 15 is 0 Å². The standard InChI is InChI=1S/C34H47N6O14P/c1-5-48-32(43)39-17-15-38(16-18-39)31(42)27(21-55(46,53-22-51-33(44)49-6-2)54-23-52-34(45)50-7-3)36-30(41)26-19-28(40-14-13-25(20-40)47-4)37-29(35-26)24-11-9-8-10-12-24/h8-12,19,25,27H,5-7,13-18,20-23H2,1-4H3,(H,36,41)/t25-,27-/m0/s1. The quantitative estimate of drug-likeness (QED) is 0.105. The third kappa shape index (κ3) is 12.8. The smallest absolute Gasteiger partial charge is 0.450 e. The topological polar surface area (TPSA) is 224 Å². The minimum atomic E-state index is -4.58. The number of hydrogen-bond donors (Lipinski definition) is 1. The Bertz CT molecular complexity index is 1630. The molecule has 21 heteroatoms. The molecule has 55 heavy (non-hydrogen) atoms. The van der Waals surface area contributed by atoms with Gasteiger partial charge in [0.2, 0.25) is 19.5 Å². The molecule has 0 radical (unpaired) electrons. The van der Waals surface area contributed by atoms with Crippen molar-refractivity contribution in [1.82, 2.24) is 25.1 Å². The number of carbonyl (C=O) groups excluding carboxylic acids is 5. The summed E-state index contributed by atoms with van der Waals surface area (Å²) in [4.78, 5) is 78.3. The Morgan fingerprint density at radius 1 is 0.818 bits per heavy atom. The van der Waals surface area contributed by atoms with Crippen LogP contribution >= 0.6 is 7.60 Å². The molecule has 1 aromatic carbocycles. The third-order valence-electron chi connectivity index (χ3n) is 8.28. The number of anilines is 1. The zero-order valence-corrected chi connectivity index (χ0v) is 32.1. The summed E-state index contributed by atoms with van der Waals surface area (Å²) in [7, 11) is -2.96. The second-order valence-corrected chi connectivity index (χ2v) is 14.0. The number of ether oxygens (including phenoxy) is 6. The van der Waals surface area contributed by atoms with Gasteiger partial charge in [-0.15, -0.1) is 0 Å². The van der Waals surface area contributed by atoms with E-state index in [4.69, 9.17) is 42.5 Å². The molecular weight excluding hydrogens is 747 g/mol. The molecule has 2 saturated heterocycles. The van der Waals surface area contributed by atoms with Gasteiger partial charge in [-0.3, -0.25) is 23.2 Å². The normalized spacial score (nSPS) is 16.2. The molecule has 302 valence electrons. The Morgan fingerprint density at radius 2 is 1.42 bits per heavy atom. The number of nitrogens with one attached hydrogen (secondary N) is 1. The van der Waals surface area contributed by atoms with Crippen molar-refractivity contribution in [3.8, 4) is 11.4 Å². The number of aromatic nitrogens is 2. The van der Waals surface area contributed by atoms with E-state index in [0.29, 0.717) is 24.5 Å². The van der Waals surface area contributed by atoms with Gasteiger partial charge in [-0.2, -0.15) is 0 Å². The lowest BCUT2D eigenvalue weighted by molar-refractivity contribution is -0.134. The lowest BCUT2D eigenvalue weighted by atomic mass is 10.2. The van der Waals surface area contributed by atoms with Gasteiger partial charge in [0.25, 0.3) is 5.91 Å². The summed E-state index contributed by atoms with van der Waals surface area (Å²) in [5, 5.41) is 2.63. The van der Waals surface area contributed by atoms with E-state index in [1.54, 1.807) is 52.1 Å². The minimum absolute atomic E-state index is 0.0200. The molecule has 3 heterocycles. The monoisotopic (exact) mass is 794 g/mol. The summed E-state index contributed by atoms with van der Waals surface area (Å²) in [5.74, 6) is -0.849. The van der Waals surface area contributed by atoms with Crippen LogP contribution in [0.15, 0.2) is 36.4 Å². The highest BCUT2D eigenvalue weighted by atomic mass is 31.2. The Hall–Kier alpha value is -5.04. The van der Waals surface area contributed by atoms with Gasteiger partial charge in [0, 0.05) is 58.0 Å². The van der Waals surface area contributed by atoms with Crippen molar-refractivity contribution >= 4 is 43.6 Å². The molecule has 0 unspecified atom stereocenters. The van der Waals surface area contributed by atoms with Gasteiger partial charge in [0.15, 0.2) is 5.82 Å². The zero-order valence-electron chi connectivity index (χ0n) is 31.2. The fourth-order valence-corrected chi connectivity index (χ4v) is 6.92. The number of nitrogens with zero attached hydrogens (tertiary/aromatic N) is 5. The maximum absolute atomic E-state index is 14.2. The summed E-state index contributed by atoms with van der Waals surface area (Å²) in [6, 6.07) is 8.86. The van der Waals surface area contributed by atoms with Crippen LogP contribution in [0.2, 0.25) is 0 Å². The van der Waals surface area contributed by atoms with Gasteiger partial charge in [-0.25, -0.2) is 24.4 Å². The van der Waals surface area contributed by atoms with E-state index in [-0.39, 0.29) is 63.6 Å². The van der Waals surface area contributed by atoms with E-state index in [0.717, 1.165) is 6.42 Å². The molecule has 2 atom stereocenters. The molecule has 1 aromatic heterocycles. The molecule has 1 N–H and O–H groups in total. The van der Waals surface area contributed by atoms with E-state index in [2.05, 4.69) is 10.3 Å². The van der Waals surface area contributed by atoms with Gasteiger partial charge in [-0.1, -0.05) is 30.3 Å². The number of methoxy groups -OCH3 is 1. The van der Waals surface area contributed by atoms with E-state index < -0.39 is 63.6 Å². The number of benzene rings is 1. The first-order chi connectivity index (χ1) is 26.5. The van der Waals surface area contributed by atoms with Crippen LogP contribution in [0, 0.1) is 0 Å². The van der Waals surface area contributed by atoms with Crippen molar-refractivity contribution in [3.63, 3.8) is 0 Å². The third-order valence-corrected chi connectivity index (χ3v) is 10.1. The second-order valence-electron chi connectivity index (χ2n) is 11.9. The van der Waals surface area contributed by atoms with Crippen molar-refractivity contribution in [2.24, 2.45) is 0 Å². The van der Waals surface area contributed by atoms with Crippen molar-refractivity contribution in [1.29, 1.82) is 0 Å². The molecule has 4 rings (SSSR count). The molecule has 2 aliphatic heterocycles. The van der Waals surface area contributed by atoms with Crippen LogP contribution in [0.5, 0.6) is 0 Å². The molecule has 2 aliphatic rings. The van der Waals surface area contributed by atoms with Crippen LogP contribution in [-0.2, 0) is 46.8 Å². The van der Waals surface area contributed by atoms with Gasteiger partial charge >= 0.3 is 26.0 Å². The molecule has 20 nitrogen and oxygen atoms in total. The Balaban J connectivity index is 1.65.